The normalized spacial score (nSPS) is 17.8. The van der Waals surface area contributed by atoms with Gasteiger partial charge in [0.15, 0.2) is 0 Å². The summed E-state index contributed by atoms with van der Waals surface area (Å²) in [5.74, 6) is -1.19. The maximum Gasteiger partial charge on any atom is 0.312 e. The molecule has 0 saturated carbocycles. The molecule has 1 atom stereocenters. The van der Waals surface area contributed by atoms with E-state index in [9.17, 15) is 9.90 Å². The Morgan fingerprint density at radius 2 is 2.30 bits per heavy atom. The van der Waals surface area contributed by atoms with Crippen LogP contribution in [0, 0.1) is 6.92 Å². The Bertz CT molecular complexity index is 681. The molecule has 1 aliphatic carbocycles. The molecular formula is C15H14BrNO2S. The Labute approximate surface area is 129 Å². The van der Waals surface area contributed by atoms with Crippen molar-refractivity contribution in [3.05, 3.63) is 38.8 Å². The van der Waals surface area contributed by atoms with Gasteiger partial charge in [0.05, 0.1) is 11.6 Å². The fraction of sp³-hybridized carbons (Fsp3) is 0.333. The number of halogens is 1. The Balaban J connectivity index is 2.04. The number of fused-ring (bicyclic) bond motifs is 1. The molecule has 3 nitrogen and oxygen atoms in total. The summed E-state index contributed by atoms with van der Waals surface area (Å²) in [4.78, 5) is 17.1. The molecule has 0 radical (unpaired) electrons. The molecule has 1 aromatic heterocycles. The van der Waals surface area contributed by atoms with Crippen LogP contribution in [0.5, 0.6) is 0 Å². The molecule has 20 heavy (non-hydrogen) atoms. The number of hydrogen-bond donors (Lipinski definition) is 1. The van der Waals surface area contributed by atoms with E-state index in [1.165, 1.54) is 0 Å². The van der Waals surface area contributed by atoms with E-state index in [0.717, 1.165) is 44.0 Å². The average Bonchev–Trinajstić information content (AvgIpc) is 2.85. The Kier molecular flexibility index (Phi) is 3.65. The minimum atomic E-state index is -0.755. The lowest BCUT2D eigenvalue weighted by Gasteiger charge is -2.16. The van der Waals surface area contributed by atoms with Gasteiger partial charge in [0.25, 0.3) is 0 Å². The minimum Gasteiger partial charge on any atom is -0.481 e. The molecule has 0 bridgehead atoms. The molecule has 1 heterocycles. The molecule has 104 valence electrons. The maximum atomic E-state index is 11.3. The van der Waals surface area contributed by atoms with Gasteiger partial charge in [-0.1, -0.05) is 22.0 Å². The Morgan fingerprint density at radius 3 is 3.00 bits per heavy atom. The largest absolute Gasteiger partial charge is 0.481 e. The van der Waals surface area contributed by atoms with E-state index in [2.05, 4.69) is 27.0 Å². The number of thiazole rings is 1. The highest BCUT2D eigenvalue weighted by molar-refractivity contribution is 9.10. The Hall–Kier alpha value is -1.20. The van der Waals surface area contributed by atoms with Gasteiger partial charge < -0.3 is 5.11 Å². The van der Waals surface area contributed by atoms with Crippen LogP contribution in [0.3, 0.4) is 0 Å². The van der Waals surface area contributed by atoms with E-state index in [0.29, 0.717) is 6.42 Å². The predicted octanol–water partition coefficient (Wildman–Crippen LogP) is 4.39. The lowest BCUT2D eigenvalue weighted by molar-refractivity contribution is -0.139. The molecule has 3 rings (SSSR count). The first-order valence-electron chi connectivity index (χ1n) is 6.55. The van der Waals surface area contributed by atoms with Crippen molar-refractivity contribution in [3.63, 3.8) is 0 Å². The molecule has 2 aromatic rings. The standard InChI is InChI=1S/C15H14BrNO2S/c1-8-7-9(5-6-11(8)16)14-17-13-10(15(18)19)3-2-4-12(13)20-14/h5-7,10H,2-4H2,1H3,(H,18,19). The quantitative estimate of drug-likeness (QED) is 0.872. The van der Waals surface area contributed by atoms with Crippen LogP contribution >= 0.6 is 27.3 Å². The zero-order chi connectivity index (χ0) is 14.3. The lowest BCUT2D eigenvalue weighted by atomic mass is 9.91. The zero-order valence-electron chi connectivity index (χ0n) is 11.0. The third-order valence-corrected chi connectivity index (χ3v) is 5.73. The molecule has 1 aliphatic rings. The summed E-state index contributed by atoms with van der Waals surface area (Å²) in [6, 6.07) is 6.13. The maximum absolute atomic E-state index is 11.3. The number of aliphatic carboxylic acids is 1. The van der Waals surface area contributed by atoms with Crippen molar-refractivity contribution < 1.29 is 9.90 Å². The highest BCUT2D eigenvalue weighted by atomic mass is 79.9. The van der Waals surface area contributed by atoms with Crippen LogP contribution in [-0.4, -0.2) is 16.1 Å². The van der Waals surface area contributed by atoms with Crippen molar-refractivity contribution >= 4 is 33.2 Å². The fourth-order valence-corrected chi connectivity index (χ4v) is 3.97. The van der Waals surface area contributed by atoms with Crippen LogP contribution in [0.15, 0.2) is 22.7 Å². The first-order valence-corrected chi connectivity index (χ1v) is 8.16. The number of carboxylic acid groups (broad SMARTS) is 1. The summed E-state index contributed by atoms with van der Waals surface area (Å²) >= 11 is 5.13. The van der Waals surface area contributed by atoms with Crippen LogP contribution < -0.4 is 0 Å². The molecule has 5 heteroatoms. The number of carboxylic acids is 1. The second-order valence-electron chi connectivity index (χ2n) is 5.07. The topological polar surface area (TPSA) is 50.2 Å². The van der Waals surface area contributed by atoms with E-state index in [1.807, 2.05) is 19.1 Å². The summed E-state index contributed by atoms with van der Waals surface area (Å²) in [7, 11) is 0. The van der Waals surface area contributed by atoms with Gasteiger partial charge in [0.1, 0.15) is 5.01 Å². The van der Waals surface area contributed by atoms with Crippen LogP contribution in [0.2, 0.25) is 0 Å². The lowest BCUT2D eigenvalue weighted by Crippen LogP contribution is -2.17. The molecule has 1 unspecified atom stereocenters. The van der Waals surface area contributed by atoms with Crippen molar-refractivity contribution in [3.8, 4) is 10.6 Å². The summed E-state index contributed by atoms with van der Waals surface area (Å²) in [5.41, 5.74) is 3.00. The first kappa shape index (κ1) is 13.8. The van der Waals surface area contributed by atoms with E-state index < -0.39 is 11.9 Å². The Morgan fingerprint density at radius 1 is 1.50 bits per heavy atom. The van der Waals surface area contributed by atoms with Crippen LogP contribution in [-0.2, 0) is 11.2 Å². The van der Waals surface area contributed by atoms with Crippen molar-refractivity contribution in [2.75, 3.05) is 0 Å². The predicted molar refractivity (Wildman–Crippen MR) is 83.3 cm³/mol. The van der Waals surface area contributed by atoms with Gasteiger partial charge in [0.2, 0.25) is 0 Å². The number of aromatic nitrogens is 1. The van der Waals surface area contributed by atoms with E-state index in [-0.39, 0.29) is 0 Å². The fourth-order valence-electron chi connectivity index (χ4n) is 2.56. The molecule has 0 saturated heterocycles. The number of benzene rings is 1. The van der Waals surface area contributed by atoms with Crippen molar-refractivity contribution in [2.45, 2.75) is 32.1 Å². The molecular weight excluding hydrogens is 338 g/mol. The highest BCUT2D eigenvalue weighted by Gasteiger charge is 2.30. The molecule has 1 aromatic carbocycles. The molecule has 0 spiro atoms. The number of nitrogens with zero attached hydrogens (tertiary/aromatic N) is 1. The van der Waals surface area contributed by atoms with Crippen LogP contribution in [0.1, 0.15) is 34.9 Å². The molecule has 0 fully saturated rings. The van der Waals surface area contributed by atoms with E-state index in [4.69, 9.17) is 0 Å². The molecule has 1 N–H and O–H groups in total. The third kappa shape index (κ3) is 2.40. The number of carbonyl (C=O) groups is 1. The zero-order valence-corrected chi connectivity index (χ0v) is 13.4. The SMILES string of the molecule is Cc1cc(-c2nc3c(s2)CCCC3C(=O)O)ccc1Br. The van der Waals surface area contributed by atoms with Gasteiger partial charge in [-0.25, -0.2) is 4.98 Å². The van der Waals surface area contributed by atoms with Crippen molar-refractivity contribution in [2.24, 2.45) is 0 Å². The molecule has 0 aliphatic heterocycles. The number of aryl methyl sites for hydroxylation is 2. The molecule has 0 amide bonds. The summed E-state index contributed by atoms with van der Waals surface area (Å²) in [5, 5.41) is 10.2. The number of rotatable bonds is 2. The summed E-state index contributed by atoms with van der Waals surface area (Å²) in [6.07, 6.45) is 2.59. The second kappa shape index (κ2) is 5.30. The minimum absolute atomic E-state index is 0.430. The van der Waals surface area contributed by atoms with Gasteiger partial charge in [-0.2, -0.15) is 0 Å². The monoisotopic (exact) mass is 351 g/mol. The van der Waals surface area contributed by atoms with Gasteiger partial charge in [-0.05, 0) is 43.9 Å². The third-order valence-electron chi connectivity index (χ3n) is 3.66. The summed E-state index contributed by atoms with van der Waals surface area (Å²) in [6.45, 7) is 2.04. The second-order valence-corrected chi connectivity index (χ2v) is 7.01. The van der Waals surface area contributed by atoms with Gasteiger partial charge >= 0.3 is 5.97 Å². The van der Waals surface area contributed by atoms with E-state index >= 15 is 0 Å². The van der Waals surface area contributed by atoms with Crippen LogP contribution in [0.4, 0.5) is 0 Å². The van der Waals surface area contributed by atoms with Crippen molar-refractivity contribution in [1.29, 1.82) is 0 Å². The summed E-state index contributed by atoms with van der Waals surface area (Å²) < 4.78 is 1.07. The van der Waals surface area contributed by atoms with Gasteiger partial charge in [-0.15, -0.1) is 11.3 Å². The van der Waals surface area contributed by atoms with Gasteiger partial charge in [-0.3, -0.25) is 4.79 Å². The first-order chi connectivity index (χ1) is 9.56. The number of hydrogen-bond acceptors (Lipinski definition) is 3. The van der Waals surface area contributed by atoms with Crippen LogP contribution in [0.25, 0.3) is 10.6 Å². The smallest absolute Gasteiger partial charge is 0.312 e. The van der Waals surface area contributed by atoms with E-state index in [1.54, 1.807) is 11.3 Å². The average molecular weight is 352 g/mol. The highest BCUT2D eigenvalue weighted by Crippen LogP contribution is 2.38. The van der Waals surface area contributed by atoms with Crippen molar-refractivity contribution in [1.82, 2.24) is 4.98 Å². The van der Waals surface area contributed by atoms with Gasteiger partial charge in [0, 0.05) is 14.9 Å².